The van der Waals surface area contributed by atoms with Gasteiger partial charge in [-0.1, -0.05) is 0 Å². The van der Waals surface area contributed by atoms with Crippen LogP contribution >= 0.6 is 0 Å². The van der Waals surface area contributed by atoms with E-state index < -0.39 is 0 Å². The summed E-state index contributed by atoms with van der Waals surface area (Å²) in [6.45, 7) is 6.00. The molecule has 0 radical (unpaired) electrons. The van der Waals surface area contributed by atoms with Gasteiger partial charge in [0.25, 0.3) is 5.91 Å². The van der Waals surface area contributed by atoms with E-state index >= 15 is 0 Å². The van der Waals surface area contributed by atoms with E-state index in [4.69, 9.17) is 4.74 Å². The molecule has 0 unspecified atom stereocenters. The third-order valence-electron chi connectivity index (χ3n) is 3.98. The van der Waals surface area contributed by atoms with Gasteiger partial charge in [-0.15, -0.1) is 0 Å². The molecule has 1 amide bonds. The van der Waals surface area contributed by atoms with Crippen LogP contribution in [0.15, 0.2) is 42.6 Å². The predicted octanol–water partition coefficient (Wildman–Crippen LogP) is 4.53. The lowest BCUT2D eigenvalue weighted by molar-refractivity contribution is 0.0956. The van der Waals surface area contributed by atoms with E-state index in [1.165, 1.54) is 6.07 Å². The highest BCUT2D eigenvalue weighted by molar-refractivity contribution is 5.99. The summed E-state index contributed by atoms with van der Waals surface area (Å²) in [5, 5.41) is 3.47. The summed E-state index contributed by atoms with van der Waals surface area (Å²) in [7, 11) is 0. The molecule has 0 aliphatic heterocycles. The first kappa shape index (κ1) is 16.9. The van der Waals surface area contributed by atoms with Gasteiger partial charge in [0, 0.05) is 29.8 Å². The van der Waals surface area contributed by atoms with Crippen molar-refractivity contribution < 1.29 is 13.9 Å². The second kappa shape index (κ2) is 6.89. The summed E-state index contributed by atoms with van der Waals surface area (Å²) in [6.07, 6.45) is 1.63. The number of rotatable bonds is 4. The number of aromatic nitrogens is 1. The maximum absolute atomic E-state index is 13.9. The Morgan fingerprint density at radius 2 is 1.92 bits per heavy atom. The summed E-state index contributed by atoms with van der Waals surface area (Å²) < 4.78 is 19.8. The molecule has 0 fully saturated rings. The lowest BCUT2D eigenvalue weighted by atomic mass is 10.1. The number of fused-ring (bicyclic) bond motifs is 1. The normalized spacial score (nSPS) is 10.7. The van der Waals surface area contributed by atoms with E-state index in [1.54, 1.807) is 43.5 Å². The Morgan fingerprint density at radius 1 is 1.12 bits per heavy atom. The van der Waals surface area contributed by atoms with Gasteiger partial charge in [0.05, 0.1) is 5.52 Å². The number of carbonyl (C=O) groups is 1. The van der Waals surface area contributed by atoms with Gasteiger partial charge >= 0.3 is 0 Å². The van der Waals surface area contributed by atoms with Crippen molar-refractivity contribution >= 4 is 16.8 Å². The second-order valence-electron chi connectivity index (χ2n) is 5.87. The third kappa shape index (κ3) is 3.45. The van der Waals surface area contributed by atoms with Crippen LogP contribution in [0.25, 0.3) is 10.9 Å². The maximum atomic E-state index is 13.9. The van der Waals surface area contributed by atoms with Crippen LogP contribution in [0, 0.1) is 19.7 Å². The Kier molecular flexibility index (Phi) is 4.65. The minimum absolute atomic E-state index is 0.156. The van der Waals surface area contributed by atoms with Gasteiger partial charge in [-0.2, -0.15) is 0 Å². The molecule has 0 atom stereocenters. The third-order valence-corrected chi connectivity index (χ3v) is 3.98. The predicted molar refractivity (Wildman–Crippen MR) is 95.7 cm³/mol. The topological polar surface area (TPSA) is 51.2 Å². The van der Waals surface area contributed by atoms with Crippen molar-refractivity contribution in [3.05, 3.63) is 65.1 Å². The van der Waals surface area contributed by atoms with Crippen molar-refractivity contribution in [2.45, 2.75) is 20.8 Å². The molecule has 0 aliphatic carbocycles. The monoisotopic (exact) mass is 338 g/mol. The Hall–Kier alpha value is -2.95. The van der Waals surface area contributed by atoms with Gasteiger partial charge in [-0.05, 0) is 62.2 Å². The van der Waals surface area contributed by atoms with Crippen LogP contribution in [-0.2, 0) is 0 Å². The minimum atomic E-state index is -0.318. The van der Waals surface area contributed by atoms with E-state index in [9.17, 15) is 9.18 Å². The van der Waals surface area contributed by atoms with E-state index in [1.807, 2.05) is 13.8 Å². The molecule has 4 nitrogen and oxygen atoms in total. The number of hydrogen-bond donors (Lipinski definition) is 1. The Bertz CT molecular complexity index is 954. The molecule has 5 heteroatoms. The molecule has 0 aliphatic rings. The first-order chi connectivity index (χ1) is 12.0. The molecule has 0 saturated heterocycles. The van der Waals surface area contributed by atoms with Crippen LogP contribution in [0.4, 0.5) is 4.39 Å². The average Bonchev–Trinajstić information content (AvgIpc) is 2.59. The van der Waals surface area contributed by atoms with Gasteiger partial charge in [0.15, 0.2) is 0 Å². The number of hydrogen-bond acceptors (Lipinski definition) is 3. The summed E-state index contributed by atoms with van der Waals surface area (Å²) in [6, 6.07) is 10.1. The minimum Gasteiger partial charge on any atom is -0.456 e. The van der Waals surface area contributed by atoms with Gasteiger partial charge < -0.3 is 10.1 Å². The van der Waals surface area contributed by atoms with E-state index in [2.05, 4.69) is 10.3 Å². The lowest BCUT2D eigenvalue weighted by Gasteiger charge is -2.12. The van der Waals surface area contributed by atoms with Crippen LogP contribution in [0.5, 0.6) is 11.5 Å². The Labute approximate surface area is 145 Å². The first-order valence-electron chi connectivity index (χ1n) is 8.11. The summed E-state index contributed by atoms with van der Waals surface area (Å²) in [4.78, 5) is 16.4. The average molecular weight is 338 g/mol. The molecular formula is C20H19FN2O2. The Morgan fingerprint density at radius 3 is 2.68 bits per heavy atom. The van der Waals surface area contributed by atoms with Gasteiger partial charge in [0.2, 0.25) is 0 Å². The lowest BCUT2D eigenvalue weighted by Crippen LogP contribution is -2.22. The molecule has 1 aromatic heterocycles. The van der Waals surface area contributed by atoms with Crippen LogP contribution in [0.1, 0.15) is 28.4 Å². The summed E-state index contributed by atoms with van der Waals surface area (Å²) >= 11 is 0. The van der Waals surface area contributed by atoms with E-state index in [0.717, 1.165) is 5.56 Å². The highest BCUT2D eigenvalue weighted by Gasteiger charge is 2.12. The number of benzene rings is 2. The summed E-state index contributed by atoms with van der Waals surface area (Å²) in [5.74, 6) is 0.500. The molecule has 3 rings (SSSR count). The van der Waals surface area contributed by atoms with Crippen LogP contribution in [0.3, 0.4) is 0 Å². The zero-order valence-electron chi connectivity index (χ0n) is 14.4. The molecule has 2 aromatic carbocycles. The van der Waals surface area contributed by atoms with Crippen LogP contribution in [-0.4, -0.2) is 17.4 Å². The maximum Gasteiger partial charge on any atom is 0.251 e. The summed E-state index contributed by atoms with van der Waals surface area (Å²) in [5.41, 5.74) is 2.64. The number of pyridine rings is 1. The second-order valence-corrected chi connectivity index (χ2v) is 5.87. The van der Waals surface area contributed by atoms with Gasteiger partial charge in [0.1, 0.15) is 17.3 Å². The van der Waals surface area contributed by atoms with Crippen LogP contribution < -0.4 is 10.1 Å². The fraction of sp³-hybridized carbons (Fsp3) is 0.200. The molecule has 25 heavy (non-hydrogen) atoms. The molecule has 0 spiro atoms. The molecule has 128 valence electrons. The number of amides is 1. The molecule has 1 N–H and O–H groups in total. The van der Waals surface area contributed by atoms with Crippen molar-refractivity contribution in [3.63, 3.8) is 0 Å². The highest BCUT2D eigenvalue weighted by Crippen LogP contribution is 2.32. The molecule has 3 aromatic rings. The number of nitrogens with one attached hydrogen (secondary N) is 1. The van der Waals surface area contributed by atoms with Gasteiger partial charge in [-0.3, -0.25) is 9.78 Å². The molecule has 0 saturated carbocycles. The van der Waals surface area contributed by atoms with Crippen LogP contribution in [0.2, 0.25) is 0 Å². The smallest absolute Gasteiger partial charge is 0.251 e. The fourth-order valence-electron chi connectivity index (χ4n) is 2.65. The number of ether oxygens (including phenoxy) is 1. The van der Waals surface area contributed by atoms with E-state index in [0.29, 0.717) is 40.1 Å². The zero-order chi connectivity index (χ0) is 18.0. The fourth-order valence-corrected chi connectivity index (χ4v) is 2.65. The quantitative estimate of drug-likeness (QED) is 0.760. The Balaban J connectivity index is 2.05. The zero-order valence-corrected chi connectivity index (χ0v) is 14.4. The number of carbonyl (C=O) groups excluding carboxylic acids is 1. The standard InChI is InChI=1S/C20H19FN2O2/c1-4-22-20(24)14-5-6-17-15(10-14)18(7-8-23-17)25-19-11-16(21)12(2)9-13(19)3/h5-11H,4H2,1-3H3,(H,22,24). The van der Waals surface area contributed by atoms with E-state index in [-0.39, 0.29) is 11.7 Å². The van der Waals surface area contributed by atoms with Gasteiger partial charge in [-0.25, -0.2) is 4.39 Å². The molecule has 1 heterocycles. The van der Waals surface area contributed by atoms with Crippen molar-refractivity contribution in [1.29, 1.82) is 0 Å². The molecular weight excluding hydrogens is 319 g/mol. The van der Waals surface area contributed by atoms with Crippen molar-refractivity contribution in [2.75, 3.05) is 6.54 Å². The van der Waals surface area contributed by atoms with Crippen molar-refractivity contribution in [3.8, 4) is 11.5 Å². The molecule has 0 bridgehead atoms. The number of nitrogens with zero attached hydrogens (tertiary/aromatic N) is 1. The number of halogens is 1. The SMILES string of the molecule is CCNC(=O)c1ccc2nccc(Oc3cc(F)c(C)cc3C)c2c1. The van der Waals surface area contributed by atoms with Crippen molar-refractivity contribution in [1.82, 2.24) is 10.3 Å². The largest absolute Gasteiger partial charge is 0.456 e. The highest BCUT2D eigenvalue weighted by atomic mass is 19.1. The first-order valence-corrected chi connectivity index (χ1v) is 8.11. The van der Waals surface area contributed by atoms with Crippen molar-refractivity contribution in [2.24, 2.45) is 0 Å². The number of aryl methyl sites for hydroxylation is 2.